The van der Waals surface area contributed by atoms with E-state index in [1.807, 2.05) is 0 Å². The molecule has 1 amide bonds. The van der Waals surface area contributed by atoms with Crippen LogP contribution >= 0.6 is 0 Å². The van der Waals surface area contributed by atoms with Crippen LogP contribution in [-0.4, -0.2) is 58.4 Å². The summed E-state index contributed by atoms with van der Waals surface area (Å²) >= 11 is 0. The number of nitro groups is 1. The Morgan fingerprint density at radius 3 is 2.77 bits per heavy atom. The van der Waals surface area contributed by atoms with E-state index < -0.39 is 27.4 Å². The Bertz CT molecular complexity index is 775. The van der Waals surface area contributed by atoms with Gasteiger partial charge in [-0.3, -0.25) is 19.2 Å². The summed E-state index contributed by atoms with van der Waals surface area (Å²) in [5.74, 6) is -0.438. The topological polar surface area (TPSA) is 128 Å². The average Bonchev–Trinajstić information content (AvgIpc) is 3.09. The number of ether oxygens (including phenoxy) is 2. The summed E-state index contributed by atoms with van der Waals surface area (Å²) < 4.78 is 35.6. The van der Waals surface area contributed by atoms with Crippen molar-refractivity contribution < 1.29 is 27.6 Å². The van der Waals surface area contributed by atoms with E-state index in [0.717, 1.165) is 29.5 Å². The van der Waals surface area contributed by atoms with Gasteiger partial charge in [0.25, 0.3) is 5.69 Å². The van der Waals surface area contributed by atoms with Crippen molar-refractivity contribution in [2.24, 2.45) is 0 Å². The van der Waals surface area contributed by atoms with Gasteiger partial charge >= 0.3 is 0 Å². The van der Waals surface area contributed by atoms with Gasteiger partial charge in [-0.05, 0) is 18.9 Å². The summed E-state index contributed by atoms with van der Waals surface area (Å²) in [7, 11) is -2.58. The van der Waals surface area contributed by atoms with Crippen molar-refractivity contribution >= 4 is 27.3 Å². The lowest BCUT2D eigenvalue weighted by atomic mass is 10.2. The highest BCUT2D eigenvalue weighted by atomic mass is 32.2. The maximum atomic E-state index is 12.2. The van der Waals surface area contributed by atoms with Gasteiger partial charge in [0, 0.05) is 25.3 Å². The van der Waals surface area contributed by atoms with Crippen LogP contribution in [0.1, 0.15) is 12.8 Å². The zero-order valence-corrected chi connectivity index (χ0v) is 15.3. The van der Waals surface area contributed by atoms with Crippen molar-refractivity contribution in [1.82, 2.24) is 5.32 Å². The van der Waals surface area contributed by atoms with E-state index in [2.05, 4.69) is 5.32 Å². The standard InChI is InChI=1S/C15H21N3O7S/c1-24-14-6-5-11(18(20)21)8-13(14)17(26(2,22)23)10-15(19)16-9-12-4-3-7-25-12/h5-6,8,12H,3-4,7,9-10H2,1-2H3,(H,16,19)/t12-/m1/s1. The lowest BCUT2D eigenvalue weighted by Gasteiger charge is -2.23. The zero-order chi connectivity index (χ0) is 19.3. The fraction of sp³-hybridized carbons (Fsp3) is 0.533. The van der Waals surface area contributed by atoms with E-state index in [4.69, 9.17) is 9.47 Å². The van der Waals surface area contributed by atoms with Crippen LogP contribution < -0.4 is 14.4 Å². The van der Waals surface area contributed by atoms with Crippen LogP contribution in [0.4, 0.5) is 11.4 Å². The van der Waals surface area contributed by atoms with Gasteiger partial charge < -0.3 is 14.8 Å². The Labute approximate surface area is 151 Å². The molecule has 144 valence electrons. The maximum absolute atomic E-state index is 12.2. The molecule has 0 aliphatic carbocycles. The van der Waals surface area contributed by atoms with Gasteiger partial charge in [-0.15, -0.1) is 0 Å². The number of hydrogen-bond acceptors (Lipinski definition) is 7. The molecular formula is C15H21N3O7S. The van der Waals surface area contributed by atoms with Crippen molar-refractivity contribution in [2.75, 3.05) is 37.4 Å². The largest absolute Gasteiger partial charge is 0.495 e. The Morgan fingerprint density at radius 1 is 1.50 bits per heavy atom. The van der Waals surface area contributed by atoms with Crippen molar-refractivity contribution in [3.05, 3.63) is 28.3 Å². The highest BCUT2D eigenvalue weighted by Gasteiger charge is 2.26. The molecule has 1 atom stereocenters. The Kier molecular flexibility index (Phi) is 6.37. The number of nitrogens with one attached hydrogen (secondary N) is 1. The van der Waals surface area contributed by atoms with Gasteiger partial charge in [0.15, 0.2) is 0 Å². The Balaban J connectivity index is 2.23. The van der Waals surface area contributed by atoms with Crippen LogP contribution in [0.3, 0.4) is 0 Å². The molecule has 0 aromatic heterocycles. The summed E-state index contributed by atoms with van der Waals surface area (Å²) in [5.41, 5.74) is -0.384. The fourth-order valence-electron chi connectivity index (χ4n) is 2.59. The van der Waals surface area contributed by atoms with E-state index in [9.17, 15) is 23.3 Å². The molecule has 1 heterocycles. The lowest BCUT2D eigenvalue weighted by molar-refractivity contribution is -0.384. The van der Waals surface area contributed by atoms with Crippen LogP contribution in [0.15, 0.2) is 18.2 Å². The third-order valence-electron chi connectivity index (χ3n) is 3.88. The van der Waals surface area contributed by atoms with Gasteiger partial charge in [-0.1, -0.05) is 0 Å². The summed E-state index contributed by atoms with van der Waals surface area (Å²) in [6, 6.07) is 3.55. The molecule has 0 unspecified atom stereocenters. The molecule has 1 aromatic carbocycles. The number of hydrogen-bond donors (Lipinski definition) is 1. The van der Waals surface area contributed by atoms with Crippen molar-refractivity contribution in [2.45, 2.75) is 18.9 Å². The fourth-order valence-corrected chi connectivity index (χ4v) is 3.44. The van der Waals surface area contributed by atoms with Gasteiger partial charge in [0.2, 0.25) is 15.9 Å². The third kappa shape index (κ3) is 5.05. The number of anilines is 1. The quantitative estimate of drug-likeness (QED) is 0.513. The molecular weight excluding hydrogens is 366 g/mol. The molecule has 1 N–H and O–H groups in total. The predicted octanol–water partition coefficient (Wildman–Crippen LogP) is 0.665. The molecule has 0 saturated carbocycles. The van der Waals surface area contributed by atoms with Gasteiger partial charge in [-0.2, -0.15) is 0 Å². The number of methoxy groups -OCH3 is 1. The first-order valence-corrected chi connectivity index (χ1v) is 9.75. The van der Waals surface area contributed by atoms with E-state index in [-0.39, 0.29) is 29.8 Å². The number of nitrogens with zero attached hydrogens (tertiary/aromatic N) is 2. The second-order valence-corrected chi connectivity index (χ2v) is 7.73. The van der Waals surface area contributed by atoms with Crippen LogP contribution in [0, 0.1) is 10.1 Å². The third-order valence-corrected chi connectivity index (χ3v) is 5.01. The summed E-state index contributed by atoms with van der Waals surface area (Å²) in [6.07, 6.45) is 2.58. The van der Waals surface area contributed by atoms with Crippen molar-refractivity contribution in [3.63, 3.8) is 0 Å². The summed E-state index contributed by atoms with van der Waals surface area (Å²) in [5, 5.41) is 13.6. The SMILES string of the molecule is COc1ccc([N+](=O)[O-])cc1N(CC(=O)NC[C@H]1CCCO1)S(C)(=O)=O. The first kappa shape index (κ1) is 19.9. The number of non-ortho nitro benzene ring substituents is 1. The number of sulfonamides is 1. The minimum Gasteiger partial charge on any atom is -0.495 e. The minimum atomic E-state index is -3.89. The van der Waals surface area contributed by atoms with Crippen LogP contribution in [0.2, 0.25) is 0 Å². The van der Waals surface area contributed by atoms with E-state index in [0.29, 0.717) is 6.61 Å². The number of nitro benzene ring substituents is 1. The summed E-state index contributed by atoms with van der Waals surface area (Å²) in [6.45, 7) is 0.395. The second-order valence-electron chi connectivity index (χ2n) is 5.82. The number of carbonyl (C=O) groups excluding carboxylic acids is 1. The Morgan fingerprint density at radius 2 is 2.23 bits per heavy atom. The van der Waals surface area contributed by atoms with E-state index >= 15 is 0 Å². The number of rotatable bonds is 8. The van der Waals surface area contributed by atoms with Gasteiger partial charge in [0.1, 0.15) is 18.0 Å². The molecule has 10 nitrogen and oxygen atoms in total. The van der Waals surface area contributed by atoms with Gasteiger partial charge in [0.05, 0.1) is 24.4 Å². The molecule has 26 heavy (non-hydrogen) atoms. The molecule has 0 spiro atoms. The predicted molar refractivity (Wildman–Crippen MR) is 93.8 cm³/mol. The average molecular weight is 387 g/mol. The highest BCUT2D eigenvalue weighted by Crippen LogP contribution is 2.33. The molecule has 1 aliphatic heterocycles. The molecule has 1 saturated heterocycles. The van der Waals surface area contributed by atoms with E-state index in [1.165, 1.54) is 19.2 Å². The first-order chi connectivity index (χ1) is 12.2. The van der Waals surface area contributed by atoms with Crippen molar-refractivity contribution in [1.29, 1.82) is 0 Å². The van der Waals surface area contributed by atoms with Crippen LogP contribution in [0.25, 0.3) is 0 Å². The highest BCUT2D eigenvalue weighted by molar-refractivity contribution is 7.92. The molecule has 1 fully saturated rings. The normalized spacial score (nSPS) is 16.9. The zero-order valence-electron chi connectivity index (χ0n) is 14.5. The first-order valence-electron chi connectivity index (χ1n) is 7.91. The molecule has 1 aromatic rings. The number of benzene rings is 1. The molecule has 1 aliphatic rings. The lowest BCUT2D eigenvalue weighted by Crippen LogP contribution is -2.42. The number of amides is 1. The number of carbonyl (C=O) groups is 1. The minimum absolute atomic E-state index is 0.0727. The molecule has 0 radical (unpaired) electrons. The maximum Gasteiger partial charge on any atom is 0.271 e. The molecule has 2 rings (SSSR count). The molecule has 0 bridgehead atoms. The monoisotopic (exact) mass is 387 g/mol. The Hall–Kier alpha value is -2.40. The summed E-state index contributed by atoms with van der Waals surface area (Å²) in [4.78, 5) is 22.5. The van der Waals surface area contributed by atoms with Gasteiger partial charge in [-0.25, -0.2) is 8.42 Å². The second kappa shape index (κ2) is 8.32. The van der Waals surface area contributed by atoms with E-state index in [1.54, 1.807) is 0 Å². The smallest absolute Gasteiger partial charge is 0.271 e. The van der Waals surface area contributed by atoms with Crippen LogP contribution in [-0.2, 0) is 19.6 Å². The molecule has 11 heteroatoms. The van der Waals surface area contributed by atoms with Crippen molar-refractivity contribution in [3.8, 4) is 5.75 Å². The van der Waals surface area contributed by atoms with Crippen LogP contribution in [0.5, 0.6) is 5.75 Å².